The number of nitrogens with one attached hydrogen (secondary N) is 1. The van der Waals surface area contributed by atoms with Crippen molar-refractivity contribution in [3.8, 4) is 5.75 Å². The quantitative estimate of drug-likeness (QED) is 0.651. The minimum absolute atomic E-state index is 0.181. The third-order valence-electron chi connectivity index (χ3n) is 6.16. The number of aliphatic hydroxyl groups is 1. The van der Waals surface area contributed by atoms with Gasteiger partial charge in [0.15, 0.2) is 0 Å². The van der Waals surface area contributed by atoms with Gasteiger partial charge in [0.1, 0.15) is 17.2 Å². The summed E-state index contributed by atoms with van der Waals surface area (Å²) in [6.45, 7) is 1.43. The maximum absolute atomic E-state index is 13.2. The molecule has 2 heterocycles. The second kappa shape index (κ2) is 7.71. The number of hydrogen-bond acceptors (Lipinski definition) is 5. The first-order chi connectivity index (χ1) is 14.6. The summed E-state index contributed by atoms with van der Waals surface area (Å²) in [5.74, 6) is -1.65. The fourth-order valence-corrected chi connectivity index (χ4v) is 4.30. The van der Waals surface area contributed by atoms with E-state index in [1.807, 2.05) is 6.07 Å². The Balaban J connectivity index is 1.45. The zero-order chi connectivity index (χ0) is 22.4. The average molecular weight is 436 g/mol. The number of benzene rings is 1. The molecule has 1 aromatic heterocycles. The molecule has 2 atom stereocenters. The molecule has 4 rings (SSSR count). The lowest BCUT2D eigenvalue weighted by Crippen LogP contribution is -2.56. The Kier molecular flexibility index (Phi) is 5.33. The van der Waals surface area contributed by atoms with Gasteiger partial charge in [0.2, 0.25) is 0 Å². The van der Waals surface area contributed by atoms with Gasteiger partial charge in [-0.05, 0) is 49.1 Å². The smallest absolute Gasteiger partial charge is 0.419 e. The second-order valence-electron chi connectivity index (χ2n) is 8.37. The van der Waals surface area contributed by atoms with Crippen molar-refractivity contribution in [3.05, 3.63) is 53.2 Å². The standard InChI is InChI=1S/C22H23F3N2O4/c1-12(20(29)30)18(28)14-5-4-13-6-7-21(31-17(13)9-14)10-15(11-21)27-19-16(22(23,24)25)3-2-8-26-19/h2-5,8-9,12,15,18,28H,6-7,10-11H2,1H3,(H,26,27)(H,29,30)/t12-,15?,18+,21?/m0/s1. The summed E-state index contributed by atoms with van der Waals surface area (Å²) in [6, 6.07) is 7.26. The predicted octanol–water partition coefficient (Wildman–Crippen LogP) is 4.19. The largest absolute Gasteiger partial charge is 0.487 e. The predicted molar refractivity (Wildman–Crippen MR) is 106 cm³/mol. The molecule has 0 amide bonds. The van der Waals surface area contributed by atoms with Gasteiger partial charge in [-0.25, -0.2) is 4.98 Å². The molecule has 9 heteroatoms. The Morgan fingerprint density at radius 2 is 2.06 bits per heavy atom. The van der Waals surface area contributed by atoms with E-state index in [0.717, 1.165) is 24.5 Å². The van der Waals surface area contributed by atoms with Gasteiger partial charge in [0.25, 0.3) is 0 Å². The van der Waals surface area contributed by atoms with Crippen molar-refractivity contribution >= 4 is 11.8 Å². The Morgan fingerprint density at radius 1 is 1.32 bits per heavy atom. The molecule has 166 valence electrons. The van der Waals surface area contributed by atoms with Crippen LogP contribution in [0.1, 0.15) is 49.0 Å². The van der Waals surface area contributed by atoms with Crippen LogP contribution in [0.5, 0.6) is 5.75 Å². The Bertz CT molecular complexity index is 989. The number of rotatable bonds is 5. The zero-order valence-corrected chi connectivity index (χ0v) is 16.8. The molecule has 1 aromatic carbocycles. The summed E-state index contributed by atoms with van der Waals surface area (Å²) in [4.78, 5) is 15.0. The highest BCUT2D eigenvalue weighted by Crippen LogP contribution is 2.47. The normalized spacial score (nSPS) is 24.5. The number of hydrogen-bond donors (Lipinski definition) is 3. The zero-order valence-electron chi connectivity index (χ0n) is 16.8. The second-order valence-corrected chi connectivity index (χ2v) is 8.37. The van der Waals surface area contributed by atoms with Crippen LogP contribution in [0, 0.1) is 5.92 Å². The summed E-state index contributed by atoms with van der Waals surface area (Å²) < 4.78 is 45.8. The fraction of sp³-hybridized carbons (Fsp3) is 0.455. The van der Waals surface area contributed by atoms with Gasteiger partial charge in [-0.15, -0.1) is 0 Å². The number of fused-ring (bicyclic) bond motifs is 1. The molecule has 3 N–H and O–H groups in total. The monoisotopic (exact) mass is 436 g/mol. The number of halogens is 3. The number of aromatic nitrogens is 1. The van der Waals surface area contributed by atoms with Gasteiger partial charge in [-0.3, -0.25) is 4.79 Å². The number of pyridine rings is 1. The fourth-order valence-electron chi connectivity index (χ4n) is 4.30. The lowest BCUT2D eigenvalue weighted by molar-refractivity contribution is -0.145. The molecular formula is C22H23F3N2O4. The van der Waals surface area contributed by atoms with Crippen molar-refractivity contribution in [1.29, 1.82) is 0 Å². The lowest BCUT2D eigenvalue weighted by Gasteiger charge is -2.50. The van der Waals surface area contributed by atoms with Crippen molar-refractivity contribution < 1.29 is 32.9 Å². The van der Waals surface area contributed by atoms with Gasteiger partial charge in [-0.2, -0.15) is 13.2 Å². The number of aliphatic hydroxyl groups excluding tert-OH is 1. The van der Waals surface area contributed by atoms with E-state index < -0.39 is 35.3 Å². The Hall–Kier alpha value is -2.81. The molecule has 31 heavy (non-hydrogen) atoms. The first-order valence-electron chi connectivity index (χ1n) is 10.1. The maximum atomic E-state index is 13.2. The van der Waals surface area contributed by atoms with Crippen LogP contribution in [-0.4, -0.2) is 32.8 Å². The molecule has 0 unspecified atom stereocenters. The Morgan fingerprint density at radius 3 is 2.74 bits per heavy atom. The van der Waals surface area contributed by atoms with E-state index in [0.29, 0.717) is 24.2 Å². The van der Waals surface area contributed by atoms with Crippen LogP contribution in [0.25, 0.3) is 0 Å². The first-order valence-corrected chi connectivity index (χ1v) is 10.1. The van der Waals surface area contributed by atoms with Crippen LogP contribution in [0.2, 0.25) is 0 Å². The van der Waals surface area contributed by atoms with Gasteiger partial charge in [0.05, 0.1) is 17.6 Å². The summed E-state index contributed by atoms with van der Waals surface area (Å²) in [5, 5.41) is 22.3. The highest BCUT2D eigenvalue weighted by molar-refractivity contribution is 5.70. The molecule has 1 aliphatic carbocycles. The third kappa shape index (κ3) is 4.19. The highest BCUT2D eigenvalue weighted by Gasteiger charge is 2.49. The number of carbonyl (C=O) groups is 1. The molecular weight excluding hydrogens is 413 g/mol. The number of alkyl halides is 3. The minimum Gasteiger partial charge on any atom is -0.487 e. The van der Waals surface area contributed by atoms with E-state index in [1.165, 1.54) is 19.2 Å². The minimum atomic E-state index is -4.48. The van der Waals surface area contributed by atoms with Crippen molar-refractivity contribution in [2.24, 2.45) is 5.92 Å². The molecule has 0 radical (unpaired) electrons. The first kappa shape index (κ1) is 21.4. The van der Waals surface area contributed by atoms with Crippen molar-refractivity contribution in [1.82, 2.24) is 4.98 Å². The Labute approximate surface area is 177 Å². The molecule has 0 bridgehead atoms. The number of anilines is 1. The van der Waals surface area contributed by atoms with E-state index in [4.69, 9.17) is 9.84 Å². The summed E-state index contributed by atoms with van der Waals surface area (Å²) in [6.07, 6.45) is -1.79. The molecule has 0 saturated heterocycles. The van der Waals surface area contributed by atoms with Gasteiger partial charge < -0.3 is 20.3 Å². The topological polar surface area (TPSA) is 91.7 Å². The lowest BCUT2D eigenvalue weighted by atomic mass is 9.70. The van der Waals surface area contributed by atoms with Crippen LogP contribution in [-0.2, 0) is 17.4 Å². The van der Waals surface area contributed by atoms with E-state index in [2.05, 4.69) is 10.3 Å². The van der Waals surface area contributed by atoms with Crippen molar-refractivity contribution in [2.45, 2.75) is 56.5 Å². The van der Waals surface area contributed by atoms with E-state index >= 15 is 0 Å². The molecule has 2 aliphatic rings. The van der Waals surface area contributed by atoms with Crippen LogP contribution < -0.4 is 10.1 Å². The summed E-state index contributed by atoms with van der Waals surface area (Å²) in [7, 11) is 0. The molecule has 1 fully saturated rings. The van der Waals surface area contributed by atoms with Crippen molar-refractivity contribution in [3.63, 3.8) is 0 Å². The van der Waals surface area contributed by atoms with Crippen LogP contribution in [0.15, 0.2) is 36.5 Å². The average Bonchev–Trinajstić information content (AvgIpc) is 2.70. The van der Waals surface area contributed by atoms with Crippen LogP contribution in [0.3, 0.4) is 0 Å². The van der Waals surface area contributed by atoms with Crippen molar-refractivity contribution in [2.75, 3.05) is 5.32 Å². The SMILES string of the molecule is C[C@H](C(=O)O)[C@@H](O)c1ccc2c(c1)OC1(CC2)CC(Nc2ncccc2C(F)(F)F)C1. The van der Waals surface area contributed by atoms with Gasteiger partial charge in [0, 0.05) is 25.1 Å². The number of nitrogens with zero attached hydrogens (tertiary/aromatic N) is 1. The molecule has 2 aromatic rings. The third-order valence-corrected chi connectivity index (χ3v) is 6.16. The molecule has 1 aliphatic heterocycles. The number of carboxylic acids is 1. The number of aliphatic carboxylic acids is 1. The van der Waals surface area contributed by atoms with Crippen LogP contribution in [0.4, 0.5) is 19.0 Å². The highest BCUT2D eigenvalue weighted by atomic mass is 19.4. The van der Waals surface area contributed by atoms with E-state index in [1.54, 1.807) is 12.1 Å². The van der Waals surface area contributed by atoms with Gasteiger partial charge in [-0.1, -0.05) is 12.1 Å². The van der Waals surface area contributed by atoms with Crippen LogP contribution >= 0.6 is 0 Å². The number of ether oxygens (including phenoxy) is 1. The summed E-state index contributed by atoms with van der Waals surface area (Å²) in [5.41, 5.74) is 0.143. The van der Waals surface area contributed by atoms with Gasteiger partial charge >= 0.3 is 12.1 Å². The molecule has 1 saturated carbocycles. The molecule has 1 spiro atoms. The maximum Gasteiger partial charge on any atom is 0.419 e. The number of carboxylic acid groups (broad SMARTS) is 1. The van der Waals surface area contributed by atoms with E-state index in [9.17, 15) is 23.1 Å². The molecule has 6 nitrogen and oxygen atoms in total. The summed E-state index contributed by atoms with van der Waals surface area (Å²) >= 11 is 0. The number of aryl methyl sites for hydroxylation is 1. The van der Waals surface area contributed by atoms with E-state index in [-0.39, 0.29) is 11.9 Å².